The quantitative estimate of drug-likeness (QED) is 0.704. The zero-order chi connectivity index (χ0) is 9.14. The van der Waals surface area contributed by atoms with E-state index in [0.29, 0.717) is 0 Å². The summed E-state index contributed by atoms with van der Waals surface area (Å²) in [6.45, 7) is 4.27. The van der Waals surface area contributed by atoms with E-state index in [2.05, 4.69) is 37.6 Å². The van der Waals surface area contributed by atoms with Crippen LogP contribution in [0.4, 0.5) is 5.69 Å². The van der Waals surface area contributed by atoms with E-state index in [-0.39, 0.29) is 0 Å². The maximum atomic E-state index is 3.18. The maximum Gasteiger partial charge on any atom is 0.0370 e. The van der Waals surface area contributed by atoms with Crippen LogP contribution in [0.5, 0.6) is 0 Å². The monoisotopic (exact) mass is 181 g/mol. The normalized spacial score (nSPS) is 10.0. The van der Waals surface area contributed by atoms with Gasteiger partial charge in [0.15, 0.2) is 0 Å². The molecule has 0 aromatic heterocycles. The number of aryl methyl sites for hydroxylation is 2. The van der Waals surface area contributed by atoms with Crippen LogP contribution < -0.4 is 5.32 Å². The average Bonchev–Trinajstić information content (AvgIpc) is 2.08. The first-order chi connectivity index (χ1) is 5.69. The molecule has 0 unspecified atom stereocenters. The molecule has 1 rings (SSSR count). The van der Waals surface area contributed by atoms with Gasteiger partial charge in [0.2, 0.25) is 0 Å². The van der Waals surface area contributed by atoms with Gasteiger partial charge in [0.1, 0.15) is 0 Å². The molecule has 2 heteroatoms. The SMILES string of the molecule is CNc1cc(C)c(SC)cc1C. The van der Waals surface area contributed by atoms with Crippen LogP contribution in [-0.2, 0) is 0 Å². The van der Waals surface area contributed by atoms with E-state index in [1.54, 1.807) is 11.8 Å². The van der Waals surface area contributed by atoms with Crippen LogP contribution in [0, 0.1) is 13.8 Å². The highest BCUT2D eigenvalue weighted by Gasteiger charge is 2.01. The predicted molar refractivity (Wildman–Crippen MR) is 57.2 cm³/mol. The molecule has 1 aromatic carbocycles. The van der Waals surface area contributed by atoms with E-state index in [0.717, 1.165) is 0 Å². The fraction of sp³-hybridized carbons (Fsp3) is 0.400. The molecule has 1 aromatic rings. The van der Waals surface area contributed by atoms with Gasteiger partial charge in [0.25, 0.3) is 0 Å². The lowest BCUT2D eigenvalue weighted by atomic mass is 10.1. The van der Waals surface area contributed by atoms with Crippen molar-refractivity contribution >= 4 is 17.4 Å². The van der Waals surface area contributed by atoms with Crippen LogP contribution in [0.3, 0.4) is 0 Å². The van der Waals surface area contributed by atoms with E-state index in [4.69, 9.17) is 0 Å². The Morgan fingerprint density at radius 1 is 1.17 bits per heavy atom. The Bertz CT molecular complexity index is 252. The van der Waals surface area contributed by atoms with Crippen molar-refractivity contribution < 1.29 is 0 Å². The van der Waals surface area contributed by atoms with Crippen molar-refractivity contribution in [3.8, 4) is 0 Å². The minimum Gasteiger partial charge on any atom is -0.388 e. The van der Waals surface area contributed by atoms with E-state index in [1.807, 2.05) is 7.05 Å². The number of thioether (sulfide) groups is 1. The molecule has 0 aliphatic carbocycles. The number of hydrogen-bond donors (Lipinski definition) is 1. The predicted octanol–water partition coefficient (Wildman–Crippen LogP) is 3.07. The van der Waals surface area contributed by atoms with Crippen LogP contribution in [0.15, 0.2) is 17.0 Å². The fourth-order valence-corrected chi connectivity index (χ4v) is 1.95. The largest absolute Gasteiger partial charge is 0.388 e. The third kappa shape index (κ3) is 1.75. The van der Waals surface area contributed by atoms with Gasteiger partial charge in [-0.3, -0.25) is 0 Å². The van der Waals surface area contributed by atoms with E-state index in [9.17, 15) is 0 Å². The second-order valence-electron chi connectivity index (χ2n) is 2.89. The van der Waals surface area contributed by atoms with Crippen LogP contribution in [0.1, 0.15) is 11.1 Å². The number of hydrogen-bond acceptors (Lipinski definition) is 2. The Kier molecular flexibility index (Phi) is 3.04. The molecule has 1 nitrogen and oxygen atoms in total. The molecule has 0 atom stereocenters. The van der Waals surface area contributed by atoms with Gasteiger partial charge in [-0.2, -0.15) is 0 Å². The van der Waals surface area contributed by atoms with Crippen molar-refractivity contribution in [1.29, 1.82) is 0 Å². The summed E-state index contributed by atoms with van der Waals surface area (Å²) in [7, 11) is 1.96. The summed E-state index contributed by atoms with van der Waals surface area (Å²) in [5, 5.41) is 3.18. The highest BCUT2D eigenvalue weighted by molar-refractivity contribution is 7.98. The minimum atomic E-state index is 1.23. The van der Waals surface area contributed by atoms with Crippen LogP contribution in [0.2, 0.25) is 0 Å². The Morgan fingerprint density at radius 2 is 1.83 bits per heavy atom. The second-order valence-corrected chi connectivity index (χ2v) is 3.73. The van der Waals surface area contributed by atoms with Gasteiger partial charge in [-0.15, -0.1) is 11.8 Å². The number of anilines is 1. The lowest BCUT2D eigenvalue weighted by Crippen LogP contribution is -1.93. The number of benzene rings is 1. The summed E-state index contributed by atoms with van der Waals surface area (Å²) in [6.07, 6.45) is 2.11. The Labute approximate surface area is 78.6 Å². The van der Waals surface area contributed by atoms with Gasteiger partial charge in [-0.1, -0.05) is 0 Å². The highest BCUT2D eigenvalue weighted by Crippen LogP contribution is 2.26. The van der Waals surface area contributed by atoms with E-state index < -0.39 is 0 Å². The van der Waals surface area contributed by atoms with E-state index >= 15 is 0 Å². The Hall–Kier alpha value is -0.630. The van der Waals surface area contributed by atoms with Crippen LogP contribution >= 0.6 is 11.8 Å². The lowest BCUT2D eigenvalue weighted by molar-refractivity contribution is 1.25. The zero-order valence-electron chi connectivity index (χ0n) is 8.06. The first-order valence-electron chi connectivity index (χ1n) is 4.02. The number of rotatable bonds is 2. The topological polar surface area (TPSA) is 12.0 Å². The van der Waals surface area contributed by atoms with Crippen LogP contribution in [0.25, 0.3) is 0 Å². The van der Waals surface area contributed by atoms with Gasteiger partial charge in [-0.05, 0) is 43.4 Å². The molecule has 66 valence electrons. The molecule has 0 spiro atoms. The molecule has 0 aliphatic rings. The van der Waals surface area contributed by atoms with E-state index in [1.165, 1.54) is 21.7 Å². The average molecular weight is 181 g/mol. The summed E-state index contributed by atoms with van der Waals surface area (Å²) >= 11 is 1.80. The summed E-state index contributed by atoms with van der Waals surface area (Å²) < 4.78 is 0. The molecule has 0 radical (unpaired) electrons. The Morgan fingerprint density at radius 3 is 2.33 bits per heavy atom. The molecule has 0 fully saturated rings. The van der Waals surface area contributed by atoms with Gasteiger partial charge in [-0.25, -0.2) is 0 Å². The van der Waals surface area contributed by atoms with Gasteiger partial charge in [0.05, 0.1) is 0 Å². The smallest absolute Gasteiger partial charge is 0.0370 e. The van der Waals surface area contributed by atoms with Crippen molar-refractivity contribution in [3.63, 3.8) is 0 Å². The molecule has 0 bridgehead atoms. The summed E-state index contributed by atoms with van der Waals surface area (Å²) in [6, 6.07) is 4.42. The standard InChI is InChI=1S/C10H15NS/c1-7-6-10(12-4)8(2)5-9(7)11-3/h5-6,11H,1-4H3. The summed E-state index contributed by atoms with van der Waals surface area (Å²) in [5.41, 5.74) is 3.88. The van der Waals surface area contributed by atoms with Gasteiger partial charge in [0, 0.05) is 17.6 Å². The molecule has 0 amide bonds. The molecule has 1 N–H and O–H groups in total. The zero-order valence-corrected chi connectivity index (χ0v) is 8.88. The first kappa shape index (κ1) is 9.46. The minimum absolute atomic E-state index is 1.23. The lowest BCUT2D eigenvalue weighted by Gasteiger charge is -2.09. The third-order valence-corrected chi connectivity index (χ3v) is 2.89. The molecule has 12 heavy (non-hydrogen) atoms. The van der Waals surface area contributed by atoms with Crippen molar-refractivity contribution in [1.82, 2.24) is 0 Å². The van der Waals surface area contributed by atoms with Gasteiger partial charge < -0.3 is 5.32 Å². The molecule has 0 aliphatic heterocycles. The molecule has 0 saturated heterocycles. The maximum absolute atomic E-state index is 3.18. The molecular weight excluding hydrogens is 166 g/mol. The Balaban J connectivity index is 3.16. The van der Waals surface area contributed by atoms with Crippen molar-refractivity contribution in [2.75, 3.05) is 18.6 Å². The van der Waals surface area contributed by atoms with Crippen LogP contribution in [-0.4, -0.2) is 13.3 Å². The summed E-state index contributed by atoms with van der Waals surface area (Å²) in [5.74, 6) is 0. The molecular formula is C10H15NS. The fourth-order valence-electron chi connectivity index (χ4n) is 1.28. The number of nitrogens with one attached hydrogen (secondary N) is 1. The third-order valence-electron chi connectivity index (χ3n) is 2.01. The molecule has 0 heterocycles. The van der Waals surface area contributed by atoms with Crippen molar-refractivity contribution in [2.24, 2.45) is 0 Å². The first-order valence-corrected chi connectivity index (χ1v) is 5.24. The van der Waals surface area contributed by atoms with Crippen molar-refractivity contribution in [2.45, 2.75) is 18.7 Å². The second kappa shape index (κ2) is 3.85. The molecule has 0 saturated carbocycles. The van der Waals surface area contributed by atoms with Gasteiger partial charge >= 0.3 is 0 Å². The highest BCUT2D eigenvalue weighted by atomic mass is 32.2. The summed E-state index contributed by atoms with van der Waals surface area (Å²) in [4.78, 5) is 1.37. The van der Waals surface area contributed by atoms with Crippen molar-refractivity contribution in [3.05, 3.63) is 23.3 Å².